The number of nitrogens with zero attached hydrogens (tertiary/aromatic N) is 2. The molecular weight excluding hydrogens is 330 g/mol. The predicted octanol–water partition coefficient (Wildman–Crippen LogP) is 3.16. The number of aryl methyl sites for hydroxylation is 1. The first-order valence-electron chi connectivity index (χ1n) is 7.92. The zero-order chi connectivity index (χ0) is 18.0. The van der Waals surface area contributed by atoms with Gasteiger partial charge >= 0.3 is 12.3 Å². The molecule has 0 aliphatic rings. The van der Waals surface area contributed by atoms with Gasteiger partial charge in [0.15, 0.2) is 0 Å². The Labute approximate surface area is 142 Å². The van der Waals surface area contributed by atoms with Crippen molar-refractivity contribution < 1.29 is 18.6 Å². The number of aliphatic hydroxyl groups excluding tert-OH is 1. The fourth-order valence-electron chi connectivity index (χ4n) is 2.90. The average Bonchev–Trinajstić information content (AvgIpc) is 2.86. The van der Waals surface area contributed by atoms with Crippen LogP contribution in [0.25, 0.3) is 11.0 Å². The molecule has 0 spiro atoms. The van der Waals surface area contributed by atoms with Gasteiger partial charge in [-0.3, -0.25) is 9.13 Å². The summed E-state index contributed by atoms with van der Waals surface area (Å²) in [6, 6.07) is 13.1. The Balaban J connectivity index is 1.88. The molecular formula is C18H18F2N2O3. The number of alkyl halides is 2. The van der Waals surface area contributed by atoms with Crippen molar-refractivity contribution >= 4 is 11.0 Å². The van der Waals surface area contributed by atoms with E-state index in [2.05, 4.69) is 4.74 Å². The minimum absolute atomic E-state index is 0.0192. The average molecular weight is 348 g/mol. The predicted molar refractivity (Wildman–Crippen MR) is 89.9 cm³/mol. The molecule has 0 fully saturated rings. The highest BCUT2D eigenvalue weighted by Gasteiger charge is 2.16. The van der Waals surface area contributed by atoms with Crippen molar-refractivity contribution in [1.82, 2.24) is 9.13 Å². The Kier molecular flexibility index (Phi) is 4.85. The van der Waals surface area contributed by atoms with Gasteiger partial charge in [0, 0.05) is 6.54 Å². The zero-order valence-corrected chi connectivity index (χ0v) is 13.6. The van der Waals surface area contributed by atoms with Crippen LogP contribution in [0.1, 0.15) is 18.6 Å². The highest BCUT2D eigenvalue weighted by atomic mass is 19.3. The number of ether oxygens (including phenoxy) is 1. The third-order valence-electron chi connectivity index (χ3n) is 4.09. The van der Waals surface area contributed by atoms with Crippen molar-refractivity contribution in [2.75, 3.05) is 0 Å². The number of halogens is 2. The SMILES string of the molecule is CCn1c(=O)n(C[C@H](O)c2ccc(OC(F)F)cc2)c2ccccc21. The van der Waals surface area contributed by atoms with E-state index < -0.39 is 12.7 Å². The van der Waals surface area contributed by atoms with Gasteiger partial charge in [-0.2, -0.15) is 8.78 Å². The van der Waals surface area contributed by atoms with Crippen LogP contribution >= 0.6 is 0 Å². The van der Waals surface area contributed by atoms with E-state index in [4.69, 9.17) is 0 Å². The van der Waals surface area contributed by atoms with Crippen molar-refractivity contribution in [3.63, 3.8) is 0 Å². The minimum atomic E-state index is -2.89. The van der Waals surface area contributed by atoms with Crippen LogP contribution in [0.2, 0.25) is 0 Å². The lowest BCUT2D eigenvalue weighted by atomic mass is 10.1. The number of imidazole rings is 1. The van der Waals surface area contributed by atoms with E-state index in [1.165, 1.54) is 28.8 Å². The maximum Gasteiger partial charge on any atom is 0.387 e. The molecule has 2 aromatic carbocycles. The van der Waals surface area contributed by atoms with Crippen LogP contribution in [0.4, 0.5) is 8.78 Å². The molecule has 0 saturated carbocycles. The van der Waals surface area contributed by atoms with E-state index in [-0.39, 0.29) is 18.0 Å². The van der Waals surface area contributed by atoms with Gasteiger partial charge in [0.2, 0.25) is 0 Å². The highest BCUT2D eigenvalue weighted by Crippen LogP contribution is 2.22. The van der Waals surface area contributed by atoms with E-state index >= 15 is 0 Å². The van der Waals surface area contributed by atoms with Crippen LogP contribution in [0.3, 0.4) is 0 Å². The summed E-state index contributed by atoms with van der Waals surface area (Å²) in [6.07, 6.45) is -0.950. The third kappa shape index (κ3) is 3.41. The summed E-state index contributed by atoms with van der Waals surface area (Å²) in [4.78, 5) is 12.6. The zero-order valence-electron chi connectivity index (χ0n) is 13.6. The number of benzene rings is 2. The normalized spacial score (nSPS) is 12.7. The maximum absolute atomic E-state index is 12.6. The molecule has 1 heterocycles. The number of aromatic nitrogens is 2. The van der Waals surface area contributed by atoms with Gasteiger partial charge in [-0.25, -0.2) is 4.79 Å². The van der Waals surface area contributed by atoms with Crippen LogP contribution in [0, 0.1) is 0 Å². The Hall–Kier alpha value is -2.67. The van der Waals surface area contributed by atoms with Crippen molar-refractivity contribution in [2.24, 2.45) is 0 Å². The summed E-state index contributed by atoms with van der Waals surface area (Å²) in [5, 5.41) is 10.5. The van der Waals surface area contributed by atoms with E-state index in [1.54, 1.807) is 4.57 Å². The lowest BCUT2D eigenvalue weighted by Gasteiger charge is -2.13. The molecule has 7 heteroatoms. The van der Waals surface area contributed by atoms with E-state index in [0.717, 1.165) is 11.0 Å². The number of hydrogen-bond donors (Lipinski definition) is 1. The van der Waals surface area contributed by atoms with Crippen molar-refractivity contribution in [3.8, 4) is 5.75 Å². The third-order valence-corrected chi connectivity index (χ3v) is 4.09. The van der Waals surface area contributed by atoms with Crippen LogP contribution in [-0.2, 0) is 13.1 Å². The van der Waals surface area contributed by atoms with Gasteiger partial charge in [0.05, 0.1) is 23.7 Å². The summed E-state index contributed by atoms with van der Waals surface area (Å²) in [5.41, 5.74) is 1.87. The molecule has 25 heavy (non-hydrogen) atoms. The second kappa shape index (κ2) is 7.06. The van der Waals surface area contributed by atoms with Crippen molar-refractivity contribution in [1.29, 1.82) is 0 Å². The Morgan fingerprint density at radius 3 is 2.20 bits per heavy atom. The molecule has 0 bridgehead atoms. The van der Waals surface area contributed by atoms with Gasteiger partial charge in [-0.1, -0.05) is 24.3 Å². The molecule has 1 aromatic heterocycles. The van der Waals surface area contributed by atoms with Crippen LogP contribution < -0.4 is 10.4 Å². The molecule has 0 radical (unpaired) electrons. The molecule has 1 atom stereocenters. The summed E-state index contributed by atoms with van der Waals surface area (Å²) in [7, 11) is 0. The van der Waals surface area contributed by atoms with E-state index in [1.807, 2.05) is 31.2 Å². The summed E-state index contributed by atoms with van der Waals surface area (Å²) < 4.78 is 31.8. The second-order valence-corrected chi connectivity index (χ2v) is 5.59. The molecule has 0 aliphatic carbocycles. The molecule has 0 saturated heterocycles. The van der Waals surface area contributed by atoms with Gasteiger partial charge < -0.3 is 9.84 Å². The summed E-state index contributed by atoms with van der Waals surface area (Å²) >= 11 is 0. The Morgan fingerprint density at radius 2 is 1.64 bits per heavy atom. The Bertz CT molecular complexity index is 916. The van der Waals surface area contributed by atoms with Crippen LogP contribution in [0.15, 0.2) is 53.3 Å². The number of hydrogen-bond acceptors (Lipinski definition) is 3. The quantitative estimate of drug-likeness (QED) is 0.744. The number of aliphatic hydroxyl groups is 1. The standard InChI is InChI=1S/C18H18F2N2O3/c1-2-21-14-5-3-4-6-15(14)22(18(21)24)11-16(23)12-7-9-13(10-8-12)25-17(19)20/h3-10,16-17,23H,2,11H2,1H3/t16-/m0/s1. The molecule has 0 unspecified atom stereocenters. The lowest BCUT2D eigenvalue weighted by Crippen LogP contribution is -2.26. The van der Waals surface area contributed by atoms with Gasteiger partial charge in [0.25, 0.3) is 0 Å². The number of rotatable bonds is 6. The molecule has 3 rings (SSSR count). The first-order chi connectivity index (χ1) is 12.0. The lowest BCUT2D eigenvalue weighted by molar-refractivity contribution is -0.0498. The molecule has 0 aliphatic heterocycles. The summed E-state index contributed by atoms with van der Waals surface area (Å²) in [5.74, 6) is 0.0192. The van der Waals surface area contributed by atoms with Crippen LogP contribution in [-0.4, -0.2) is 20.9 Å². The monoisotopic (exact) mass is 348 g/mol. The van der Waals surface area contributed by atoms with Crippen molar-refractivity contribution in [2.45, 2.75) is 32.7 Å². The largest absolute Gasteiger partial charge is 0.435 e. The molecule has 132 valence electrons. The maximum atomic E-state index is 12.6. The number of fused-ring (bicyclic) bond motifs is 1. The first-order valence-corrected chi connectivity index (χ1v) is 7.92. The van der Waals surface area contributed by atoms with Gasteiger partial charge in [0.1, 0.15) is 5.75 Å². The van der Waals surface area contributed by atoms with Gasteiger partial charge in [-0.15, -0.1) is 0 Å². The smallest absolute Gasteiger partial charge is 0.387 e. The second-order valence-electron chi connectivity index (χ2n) is 5.59. The Morgan fingerprint density at radius 1 is 1.04 bits per heavy atom. The molecule has 1 N–H and O–H groups in total. The fourth-order valence-corrected chi connectivity index (χ4v) is 2.90. The first kappa shape index (κ1) is 17.2. The molecule has 5 nitrogen and oxygen atoms in total. The summed E-state index contributed by atoms with van der Waals surface area (Å²) in [6.45, 7) is -0.408. The topological polar surface area (TPSA) is 56.4 Å². The highest BCUT2D eigenvalue weighted by molar-refractivity contribution is 5.76. The number of para-hydroxylation sites is 2. The fraction of sp³-hybridized carbons (Fsp3) is 0.278. The van der Waals surface area contributed by atoms with E-state index in [9.17, 15) is 18.7 Å². The van der Waals surface area contributed by atoms with Crippen LogP contribution in [0.5, 0.6) is 5.75 Å². The molecule has 0 amide bonds. The molecule has 3 aromatic rings. The van der Waals surface area contributed by atoms with Gasteiger partial charge in [-0.05, 0) is 36.8 Å². The minimum Gasteiger partial charge on any atom is -0.435 e. The van der Waals surface area contributed by atoms with E-state index in [0.29, 0.717) is 12.1 Å². The van der Waals surface area contributed by atoms with Crippen molar-refractivity contribution in [3.05, 3.63) is 64.6 Å².